The molecule has 156 valence electrons. The summed E-state index contributed by atoms with van der Waals surface area (Å²) in [5, 5.41) is 4.33. The van der Waals surface area contributed by atoms with Crippen LogP contribution in [0.1, 0.15) is 34.9 Å². The Morgan fingerprint density at radius 2 is 1.58 bits per heavy atom. The summed E-state index contributed by atoms with van der Waals surface area (Å²) in [6, 6.07) is 13.5. The van der Waals surface area contributed by atoms with Gasteiger partial charge in [0.05, 0.1) is 18.9 Å². The van der Waals surface area contributed by atoms with E-state index in [1.807, 2.05) is 48.7 Å². The number of methoxy groups -OCH3 is 1. The molecule has 0 spiro atoms. The number of nitrogens with one attached hydrogen (secondary N) is 3. The third kappa shape index (κ3) is 3.09. The topological polar surface area (TPSA) is 104 Å². The SMILES string of the molecule is COC(=O)CCc1cccc2c([C@H]3C(=O)NC(=O)[C@@H]3c3c[nH]c4ccccc34)c[nH]c12. The summed E-state index contributed by atoms with van der Waals surface area (Å²) in [4.78, 5) is 43.8. The standard InChI is InChI=1S/C24H21N3O4/c1-31-19(28)10-9-13-5-4-7-15-17(12-26-22(13)15)21-20(23(29)27-24(21)30)16-11-25-18-8-3-2-6-14(16)18/h2-8,11-12,20-21,25-26H,9-10H2,1H3,(H,27,29,30)/t20-,21-/m1/s1. The summed E-state index contributed by atoms with van der Waals surface area (Å²) in [5.41, 5.74) is 4.33. The Balaban J connectivity index is 1.59. The molecule has 1 saturated heterocycles. The van der Waals surface area contributed by atoms with E-state index in [0.717, 1.165) is 38.5 Å². The molecule has 2 amide bonds. The van der Waals surface area contributed by atoms with Crippen LogP contribution in [0.25, 0.3) is 21.8 Å². The van der Waals surface area contributed by atoms with Gasteiger partial charge < -0.3 is 14.7 Å². The van der Waals surface area contributed by atoms with Crippen molar-refractivity contribution in [2.24, 2.45) is 0 Å². The Kier molecular flexibility index (Phi) is 4.58. The van der Waals surface area contributed by atoms with Crippen molar-refractivity contribution >= 4 is 39.6 Å². The molecule has 3 heterocycles. The number of imide groups is 1. The summed E-state index contributed by atoms with van der Waals surface area (Å²) in [5.74, 6) is -2.14. The number of amides is 2. The number of benzene rings is 2. The van der Waals surface area contributed by atoms with Crippen LogP contribution in [0, 0.1) is 0 Å². The van der Waals surface area contributed by atoms with Crippen molar-refractivity contribution in [3.05, 3.63) is 71.5 Å². The van der Waals surface area contributed by atoms with E-state index in [4.69, 9.17) is 4.74 Å². The first kappa shape index (κ1) is 19.1. The lowest BCUT2D eigenvalue weighted by Crippen LogP contribution is -2.21. The van der Waals surface area contributed by atoms with Gasteiger partial charge in [0.25, 0.3) is 0 Å². The van der Waals surface area contributed by atoms with E-state index >= 15 is 0 Å². The maximum Gasteiger partial charge on any atom is 0.305 e. The number of carbonyl (C=O) groups is 3. The molecule has 7 heteroatoms. The van der Waals surface area contributed by atoms with Crippen LogP contribution in [0.3, 0.4) is 0 Å². The van der Waals surface area contributed by atoms with E-state index in [9.17, 15) is 14.4 Å². The van der Waals surface area contributed by atoms with Crippen molar-refractivity contribution in [1.29, 1.82) is 0 Å². The van der Waals surface area contributed by atoms with E-state index in [0.29, 0.717) is 6.42 Å². The predicted molar refractivity (Wildman–Crippen MR) is 116 cm³/mol. The van der Waals surface area contributed by atoms with E-state index in [2.05, 4.69) is 15.3 Å². The summed E-state index contributed by atoms with van der Waals surface area (Å²) >= 11 is 0. The Morgan fingerprint density at radius 3 is 2.35 bits per heavy atom. The van der Waals surface area contributed by atoms with Gasteiger partial charge in [-0.15, -0.1) is 0 Å². The highest BCUT2D eigenvalue weighted by Gasteiger charge is 2.45. The van der Waals surface area contributed by atoms with E-state index in [-0.39, 0.29) is 24.2 Å². The lowest BCUT2D eigenvalue weighted by molar-refractivity contribution is -0.140. The molecule has 0 bridgehead atoms. The molecule has 1 aliphatic heterocycles. The molecule has 0 radical (unpaired) electrons. The fraction of sp³-hybridized carbons (Fsp3) is 0.208. The Labute approximate surface area is 177 Å². The quantitative estimate of drug-likeness (QED) is 0.344. The first-order chi connectivity index (χ1) is 15.1. The second-order valence-corrected chi connectivity index (χ2v) is 7.76. The van der Waals surface area contributed by atoms with E-state index in [1.54, 1.807) is 6.20 Å². The maximum atomic E-state index is 12.9. The molecule has 2 atom stereocenters. The number of hydrogen-bond acceptors (Lipinski definition) is 4. The molecule has 1 aliphatic rings. The Bertz CT molecular complexity index is 1330. The maximum absolute atomic E-state index is 12.9. The van der Waals surface area contributed by atoms with Crippen molar-refractivity contribution < 1.29 is 19.1 Å². The summed E-state index contributed by atoms with van der Waals surface area (Å²) in [6.45, 7) is 0. The van der Waals surface area contributed by atoms with Gasteiger partial charge >= 0.3 is 5.97 Å². The molecule has 31 heavy (non-hydrogen) atoms. The van der Waals surface area contributed by atoms with Crippen LogP contribution in [-0.4, -0.2) is 34.9 Å². The van der Waals surface area contributed by atoms with Crippen LogP contribution in [-0.2, 0) is 25.5 Å². The van der Waals surface area contributed by atoms with E-state index in [1.165, 1.54) is 7.11 Å². The fourth-order valence-corrected chi connectivity index (χ4v) is 4.62. The summed E-state index contributed by atoms with van der Waals surface area (Å²) in [6.07, 6.45) is 4.41. The molecule has 2 aromatic heterocycles. The molecule has 0 unspecified atom stereocenters. The van der Waals surface area contributed by atoms with Crippen LogP contribution in [0.15, 0.2) is 54.9 Å². The minimum atomic E-state index is -0.642. The normalized spacial score (nSPS) is 18.6. The molecule has 1 fully saturated rings. The van der Waals surface area contributed by atoms with Crippen LogP contribution in [0.2, 0.25) is 0 Å². The third-order valence-electron chi connectivity index (χ3n) is 6.10. The molecular weight excluding hydrogens is 394 g/mol. The average molecular weight is 415 g/mol. The largest absolute Gasteiger partial charge is 0.469 e. The first-order valence-electron chi connectivity index (χ1n) is 10.1. The number of fused-ring (bicyclic) bond motifs is 2. The second kappa shape index (κ2) is 7.43. The molecule has 2 aromatic carbocycles. The number of aromatic amines is 2. The van der Waals surface area contributed by atoms with E-state index < -0.39 is 11.8 Å². The average Bonchev–Trinajstić information content (AvgIpc) is 3.46. The number of rotatable bonds is 5. The molecular formula is C24H21N3O4. The molecule has 0 aliphatic carbocycles. The lowest BCUT2D eigenvalue weighted by atomic mass is 9.83. The van der Waals surface area contributed by atoms with Gasteiger partial charge in [-0.2, -0.15) is 0 Å². The molecule has 5 rings (SSSR count). The van der Waals surface area contributed by atoms with Gasteiger partial charge in [-0.3, -0.25) is 19.7 Å². The van der Waals surface area contributed by atoms with Crippen LogP contribution >= 0.6 is 0 Å². The number of aromatic nitrogens is 2. The lowest BCUT2D eigenvalue weighted by Gasteiger charge is -2.15. The Hall–Kier alpha value is -3.87. The zero-order chi connectivity index (χ0) is 21.5. The van der Waals surface area contributed by atoms with Gasteiger partial charge in [-0.05, 0) is 29.2 Å². The predicted octanol–water partition coefficient (Wildman–Crippen LogP) is 3.28. The monoisotopic (exact) mass is 415 g/mol. The van der Waals surface area contributed by atoms with Gasteiger partial charge in [0.2, 0.25) is 11.8 Å². The summed E-state index contributed by atoms with van der Waals surface area (Å²) < 4.78 is 4.74. The molecule has 4 aromatic rings. The third-order valence-corrected chi connectivity index (χ3v) is 6.10. The van der Waals surface area contributed by atoms with Crippen molar-refractivity contribution in [2.45, 2.75) is 24.7 Å². The summed E-state index contributed by atoms with van der Waals surface area (Å²) in [7, 11) is 1.37. The number of esters is 1. The van der Waals surface area contributed by atoms with Gasteiger partial charge in [-0.1, -0.05) is 36.4 Å². The number of aryl methyl sites for hydroxylation is 1. The molecule has 0 saturated carbocycles. The highest BCUT2D eigenvalue weighted by molar-refractivity contribution is 6.13. The zero-order valence-electron chi connectivity index (χ0n) is 16.9. The highest BCUT2D eigenvalue weighted by atomic mass is 16.5. The minimum absolute atomic E-state index is 0.268. The first-order valence-corrected chi connectivity index (χ1v) is 10.1. The molecule has 3 N–H and O–H groups in total. The second-order valence-electron chi connectivity index (χ2n) is 7.76. The number of carbonyl (C=O) groups excluding carboxylic acids is 3. The van der Waals surface area contributed by atoms with Crippen molar-refractivity contribution in [2.75, 3.05) is 7.11 Å². The number of ether oxygens (including phenoxy) is 1. The van der Waals surface area contributed by atoms with Gasteiger partial charge in [0.1, 0.15) is 0 Å². The number of hydrogen-bond donors (Lipinski definition) is 3. The Morgan fingerprint density at radius 1 is 0.903 bits per heavy atom. The van der Waals surface area contributed by atoms with Gasteiger partial charge in [-0.25, -0.2) is 0 Å². The van der Waals surface area contributed by atoms with Crippen molar-refractivity contribution in [1.82, 2.24) is 15.3 Å². The highest BCUT2D eigenvalue weighted by Crippen LogP contribution is 2.43. The van der Waals surface area contributed by atoms with Crippen LogP contribution in [0.5, 0.6) is 0 Å². The zero-order valence-corrected chi connectivity index (χ0v) is 16.9. The van der Waals surface area contributed by atoms with Crippen LogP contribution in [0.4, 0.5) is 0 Å². The van der Waals surface area contributed by atoms with Crippen molar-refractivity contribution in [3.63, 3.8) is 0 Å². The minimum Gasteiger partial charge on any atom is -0.469 e. The van der Waals surface area contributed by atoms with Gasteiger partial charge in [0.15, 0.2) is 0 Å². The smallest absolute Gasteiger partial charge is 0.305 e. The molecule has 7 nitrogen and oxygen atoms in total. The van der Waals surface area contributed by atoms with Crippen molar-refractivity contribution in [3.8, 4) is 0 Å². The fourth-order valence-electron chi connectivity index (χ4n) is 4.62. The van der Waals surface area contributed by atoms with Crippen LogP contribution < -0.4 is 5.32 Å². The number of para-hydroxylation sites is 2. The van der Waals surface area contributed by atoms with Gasteiger partial charge in [0, 0.05) is 40.6 Å². The number of H-pyrrole nitrogens is 2.